The van der Waals surface area contributed by atoms with Gasteiger partial charge in [0, 0.05) is 38.9 Å². The fourth-order valence-electron chi connectivity index (χ4n) is 2.35. The number of amides is 1. The van der Waals surface area contributed by atoms with Gasteiger partial charge in [-0.2, -0.15) is 4.31 Å². The highest BCUT2D eigenvalue weighted by Gasteiger charge is 2.26. The molecule has 7 heteroatoms. The lowest BCUT2D eigenvalue weighted by atomic mass is 10.3. The third kappa shape index (κ3) is 4.18. The number of rotatable bonds is 4. The fraction of sp³-hybridized carbons (Fsp3) is 0.500. The van der Waals surface area contributed by atoms with Crippen LogP contribution in [-0.2, 0) is 14.8 Å². The summed E-state index contributed by atoms with van der Waals surface area (Å²) >= 11 is 0. The van der Waals surface area contributed by atoms with Crippen molar-refractivity contribution in [1.82, 2.24) is 9.21 Å². The molecule has 1 aromatic carbocycles. The first-order chi connectivity index (χ1) is 9.88. The number of carbonyl (C=O) groups is 1. The Morgan fingerprint density at radius 3 is 2.24 bits per heavy atom. The Morgan fingerprint density at radius 1 is 1.14 bits per heavy atom. The number of hydrogen-bond donors (Lipinski definition) is 0. The third-order valence-corrected chi connectivity index (χ3v) is 4.93. The summed E-state index contributed by atoms with van der Waals surface area (Å²) in [7, 11) is -1.28. The van der Waals surface area contributed by atoms with E-state index in [4.69, 9.17) is 0 Å². The summed E-state index contributed by atoms with van der Waals surface area (Å²) in [6.07, 6.45) is 1.20. The van der Waals surface area contributed by atoms with Crippen molar-refractivity contribution >= 4 is 21.6 Å². The molecule has 1 amide bonds. The van der Waals surface area contributed by atoms with Gasteiger partial charge in [-0.1, -0.05) is 18.2 Å². The Bertz CT molecular complexity index is 581. The van der Waals surface area contributed by atoms with Gasteiger partial charge in [0.2, 0.25) is 15.9 Å². The summed E-state index contributed by atoms with van der Waals surface area (Å²) in [6, 6.07) is 9.70. The maximum Gasteiger partial charge on any atom is 0.242 e. The van der Waals surface area contributed by atoms with E-state index in [0.29, 0.717) is 32.7 Å². The lowest BCUT2D eigenvalue weighted by Gasteiger charge is -2.34. The van der Waals surface area contributed by atoms with Crippen molar-refractivity contribution in [1.29, 1.82) is 0 Å². The van der Waals surface area contributed by atoms with Crippen LogP contribution in [0.5, 0.6) is 0 Å². The van der Waals surface area contributed by atoms with Crippen molar-refractivity contribution in [2.45, 2.75) is 0 Å². The zero-order valence-corrected chi connectivity index (χ0v) is 13.2. The van der Waals surface area contributed by atoms with Gasteiger partial charge in [-0.05, 0) is 12.1 Å². The van der Waals surface area contributed by atoms with Crippen molar-refractivity contribution < 1.29 is 13.2 Å². The number of nitrogens with zero attached hydrogens (tertiary/aromatic N) is 3. The molecule has 6 nitrogen and oxygen atoms in total. The molecule has 0 radical (unpaired) electrons. The molecular formula is C14H21N3O3S. The minimum Gasteiger partial charge on any atom is -0.365 e. The highest BCUT2D eigenvalue weighted by atomic mass is 32.2. The third-order valence-electron chi connectivity index (χ3n) is 3.63. The first-order valence-electron chi connectivity index (χ1n) is 6.87. The second-order valence-corrected chi connectivity index (χ2v) is 7.22. The molecule has 21 heavy (non-hydrogen) atoms. The average Bonchev–Trinajstić information content (AvgIpc) is 2.47. The second-order valence-electron chi connectivity index (χ2n) is 5.23. The molecule has 0 aromatic heterocycles. The van der Waals surface area contributed by atoms with Crippen molar-refractivity contribution in [3.05, 3.63) is 30.3 Å². The molecule has 2 rings (SSSR count). The summed E-state index contributed by atoms with van der Waals surface area (Å²) in [5.74, 6) is 0.0227. The maximum atomic E-state index is 12.3. The molecule has 0 unspecified atom stereocenters. The molecule has 0 bridgehead atoms. The molecule has 1 saturated heterocycles. The van der Waals surface area contributed by atoms with Crippen molar-refractivity contribution in [2.24, 2.45) is 0 Å². The first-order valence-corrected chi connectivity index (χ1v) is 8.72. The number of piperazine rings is 1. The molecule has 1 aliphatic rings. The van der Waals surface area contributed by atoms with Gasteiger partial charge in [-0.25, -0.2) is 8.42 Å². The highest BCUT2D eigenvalue weighted by Crippen LogP contribution is 2.12. The van der Waals surface area contributed by atoms with Gasteiger partial charge >= 0.3 is 0 Å². The van der Waals surface area contributed by atoms with E-state index in [1.165, 1.54) is 10.6 Å². The molecule has 0 N–H and O–H groups in total. The van der Waals surface area contributed by atoms with E-state index in [1.54, 1.807) is 4.90 Å². The van der Waals surface area contributed by atoms with Gasteiger partial charge in [0.25, 0.3) is 0 Å². The molecule has 1 heterocycles. The van der Waals surface area contributed by atoms with Crippen LogP contribution < -0.4 is 4.90 Å². The summed E-state index contributed by atoms with van der Waals surface area (Å²) in [6.45, 7) is 1.95. The molecule has 0 aliphatic carbocycles. The highest BCUT2D eigenvalue weighted by molar-refractivity contribution is 7.88. The van der Waals surface area contributed by atoms with Gasteiger partial charge in [0.05, 0.1) is 12.8 Å². The molecule has 0 atom stereocenters. The number of benzene rings is 1. The molecule has 1 aliphatic heterocycles. The summed E-state index contributed by atoms with van der Waals surface area (Å²) < 4.78 is 24.3. The lowest BCUT2D eigenvalue weighted by molar-refractivity contribution is -0.130. The maximum absolute atomic E-state index is 12.3. The zero-order valence-electron chi connectivity index (χ0n) is 12.4. The molecular weight excluding hydrogens is 290 g/mol. The van der Waals surface area contributed by atoms with E-state index in [0.717, 1.165) is 5.69 Å². The summed E-state index contributed by atoms with van der Waals surface area (Å²) in [5.41, 5.74) is 0.987. The van der Waals surface area contributed by atoms with E-state index in [2.05, 4.69) is 0 Å². The number of anilines is 1. The zero-order chi connectivity index (χ0) is 15.5. The van der Waals surface area contributed by atoms with Crippen LogP contribution in [-0.4, -0.2) is 69.6 Å². The second kappa shape index (κ2) is 6.44. The molecule has 1 fully saturated rings. The molecule has 0 spiro atoms. The molecule has 0 saturated carbocycles. The van der Waals surface area contributed by atoms with Crippen molar-refractivity contribution in [2.75, 3.05) is 50.9 Å². The number of hydrogen-bond acceptors (Lipinski definition) is 4. The van der Waals surface area contributed by atoms with Crippen LogP contribution in [0.1, 0.15) is 0 Å². The Balaban J connectivity index is 1.88. The quantitative estimate of drug-likeness (QED) is 0.798. The fourth-order valence-corrected chi connectivity index (χ4v) is 3.17. The minimum atomic E-state index is -3.16. The van der Waals surface area contributed by atoms with E-state index >= 15 is 0 Å². The van der Waals surface area contributed by atoms with Gasteiger partial charge in [0.15, 0.2) is 0 Å². The van der Waals surface area contributed by atoms with E-state index in [1.807, 2.05) is 42.3 Å². The largest absolute Gasteiger partial charge is 0.365 e. The Hall–Kier alpha value is -1.60. The monoisotopic (exact) mass is 311 g/mol. The van der Waals surface area contributed by atoms with E-state index in [9.17, 15) is 13.2 Å². The first kappa shape index (κ1) is 15.8. The predicted octanol–water partition coefficient (Wildman–Crippen LogP) is 0.227. The minimum absolute atomic E-state index is 0.0227. The van der Waals surface area contributed by atoms with Crippen LogP contribution in [0.25, 0.3) is 0 Å². The van der Waals surface area contributed by atoms with Gasteiger partial charge in [0.1, 0.15) is 0 Å². The van der Waals surface area contributed by atoms with Crippen LogP contribution >= 0.6 is 0 Å². The number of para-hydroxylation sites is 1. The number of sulfonamides is 1. The Labute approximate surface area is 126 Å². The normalized spacial score (nSPS) is 16.8. The van der Waals surface area contributed by atoms with Gasteiger partial charge < -0.3 is 9.80 Å². The van der Waals surface area contributed by atoms with Crippen LogP contribution in [0.2, 0.25) is 0 Å². The van der Waals surface area contributed by atoms with Gasteiger partial charge in [-0.15, -0.1) is 0 Å². The standard InChI is InChI=1S/C14H21N3O3S/c1-15(13-6-4-3-5-7-13)12-14(18)16-8-10-17(11-9-16)21(2,19)20/h3-7H,8-12H2,1-2H3. The predicted molar refractivity (Wildman–Crippen MR) is 82.7 cm³/mol. The van der Waals surface area contributed by atoms with E-state index < -0.39 is 10.0 Å². The number of likely N-dealkylation sites (N-methyl/N-ethyl adjacent to an activating group) is 1. The average molecular weight is 311 g/mol. The van der Waals surface area contributed by atoms with Crippen LogP contribution in [0.4, 0.5) is 5.69 Å². The summed E-state index contributed by atoms with van der Waals surface area (Å²) in [5, 5.41) is 0. The smallest absolute Gasteiger partial charge is 0.242 e. The van der Waals surface area contributed by atoms with Crippen molar-refractivity contribution in [3.8, 4) is 0 Å². The Kier molecular flexibility index (Phi) is 4.84. The van der Waals surface area contributed by atoms with Gasteiger partial charge in [-0.3, -0.25) is 4.79 Å². The van der Waals surface area contributed by atoms with Crippen molar-refractivity contribution in [3.63, 3.8) is 0 Å². The Morgan fingerprint density at radius 2 is 1.71 bits per heavy atom. The lowest BCUT2D eigenvalue weighted by Crippen LogP contribution is -2.52. The van der Waals surface area contributed by atoms with Crippen LogP contribution in [0.15, 0.2) is 30.3 Å². The SMILES string of the molecule is CN(CC(=O)N1CCN(S(C)(=O)=O)CC1)c1ccccc1. The van der Waals surface area contributed by atoms with Crippen LogP contribution in [0, 0.1) is 0 Å². The molecule has 1 aromatic rings. The number of carbonyl (C=O) groups excluding carboxylic acids is 1. The summed E-state index contributed by atoms with van der Waals surface area (Å²) in [4.78, 5) is 15.9. The van der Waals surface area contributed by atoms with Crippen LogP contribution in [0.3, 0.4) is 0 Å². The molecule has 116 valence electrons. The van der Waals surface area contributed by atoms with E-state index in [-0.39, 0.29) is 5.91 Å². The topological polar surface area (TPSA) is 60.9 Å².